The molecule has 0 aliphatic carbocycles. The van der Waals surface area contributed by atoms with Crippen LogP contribution < -0.4 is 10.1 Å². The van der Waals surface area contributed by atoms with Crippen LogP contribution in [0.2, 0.25) is 0 Å². The highest BCUT2D eigenvalue weighted by Gasteiger charge is 2.11. The van der Waals surface area contributed by atoms with Crippen molar-refractivity contribution in [3.05, 3.63) is 40.0 Å². The zero-order valence-electron chi connectivity index (χ0n) is 10.8. The first-order valence-corrected chi connectivity index (χ1v) is 6.71. The fourth-order valence-electron chi connectivity index (χ4n) is 1.82. The molecule has 5 heteroatoms. The summed E-state index contributed by atoms with van der Waals surface area (Å²) in [4.78, 5) is 9.73. The number of methoxy groups -OCH3 is 1. The molecule has 2 heterocycles. The van der Waals surface area contributed by atoms with E-state index in [1.807, 2.05) is 24.6 Å². The SMILES string of the molecule is COc1ncccc1CNC(C)c1scnc1C. The van der Waals surface area contributed by atoms with Crippen molar-refractivity contribution in [2.24, 2.45) is 0 Å². The lowest BCUT2D eigenvalue weighted by molar-refractivity contribution is 0.389. The van der Waals surface area contributed by atoms with E-state index in [9.17, 15) is 0 Å². The second kappa shape index (κ2) is 5.93. The van der Waals surface area contributed by atoms with E-state index in [-0.39, 0.29) is 6.04 Å². The van der Waals surface area contributed by atoms with E-state index in [0.717, 1.165) is 17.8 Å². The van der Waals surface area contributed by atoms with E-state index in [2.05, 4.69) is 22.2 Å². The molecule has 4 nitrogen and oxygen atoms in total. The Morgan fingerprint density at radius 1 is 1.44 bits per heavy atom. The molecule has 0 aliphatic rings. The van der Waals surface area contributed by atoms with Crippen LogP contribution in [0.4, 0.5) is 0 Å². The Kier molecular flexibility index (Phi) is 4.28. The zero-order valence-corrected chi connectivity index (χ0v) is 11.6. The fraction of sp³-hybridized carbons (Fsp3) is 0.385. The molecule has 1 atom stereocenters. The third kappa shape index (κ3) is 2.86. The molecular formula is C13H17N3OS. The van der Waals surface area contributed by atoms with Crippen molar-refractivity contribution in [1.82, 2.24) is 15.3 Å². The van der Waals surface area contributed by atoms with Crippen molar-refractivity contribution < 1.29 is 4.74 Å². The van der Waals surface area contributed by atoms with E-state index in [1.165, 1.54) is 4.88 Å². The number of hydrogen-bond acceptors (Lipinski definition) is 5. The van der Waals surface area contributed by atoms with Crippen molar-refractivity contribution in [3.63, 3.8) is 0 Å². The summed E-state index contributed by atoms with van der Waals surface area (Å²) in [5.41, 5.74) is 4.04. The summed E-state index contributed by atoms with van der Waals surface area (Å²) in [7, 11) is 1.64. The van der Waals surface area contributed by atoms with Gasteiger partial charge in [-0.1, -0.05) is 6.07 Å². The maximum Gasteiger partial charge on any atom is 0.217 e. The molecule has 1 N–H and O–H groups in total. The average Bonchev–Trinajstić information content (AvgIpc) is 2.82. The highest BCUT2D eigenvalue weighted by atomic mass is 32.1. The first-order chi connectivity index (χ1) is 8.72. The van der Waals surface area contributed by atoms with Crippen LogP contribution in [-0.4, -0.2) is 17.1 Å². The average molecular weight is 263 g/mol. The van der Waals surface area contributed by atoms with E-state index in [0.29, 0.717) is 5.88 Å². The summed E-state index contributed by atoms with van der Waals surface area (Å²) in [5.74, 6) is 0.679. The first-order valence-electron chi connectivity index (χ1n) is 5.83. The van der Waals surface area contributed by atoms with Gasteiger partial charge in [-0.3, -0.25) is 0 Å². The van der Waals surface area contributed by atoms with Crippen LogP contribution in [0.15, 0.2) is 23.8 Å². The predicted molar refractivity (Wildman–Crippen MR) is 72.9 cm³/mol. The van der Waals surface area contributed by atoms with E-state index in [1.54, 1.807) is 24.6 Å². The van der Waals surface area contributed by atoms with Crippen LogP contribution in [-0.2, 0) is 6.54 Å². The summed E-state index contributed by atoms with van der Waals surface area (Å²) in [6.45, 7) is 4.91. The summed E-state index contributed by atoms with van der Waals surface area (Å²) in [5, 5.41) is 3.47. The van der Waals surface area contributed by atoms with Crippen LogP contribution in [0.25, 0.3) is 0 Å². The topological polar surface area (TPSA) is 47.0 Å². The van der Waals surface area contributed by atoms with Gasteiger partial charge in [0.25, 0.3) is 0 Å². The number of ether oxygens (including phenoxy) is 1. The number of aryl methyl sites for hydroxylation is 1. The van der Waals surface area contributed by atoms with Gasteiger partial charge in [-0.25, -0.2) is 9.97 Å². The molecular weight excluding hydrogens is 246 g/mol. The van der Waals surface area contributed by atoms with Gasteiger partial charge in [0, 0.05) is 29.2 Å². The van der Waals surface area contributed by atoms with Crippen LogP contribution in [0.3, 0.4) is 0 Å². The number of rotatable bonds is 5. The second-order valence-corrected chi connectivity index (χ2v) is 4.96. The Labute approximate surface area is 111 Å². The molecule has 2 aromatic heterocycles. The Morgan fingerprint density at radius 3 is 2.94 bits per heavy atom. The first kappa shape index (κ1) is 13.0. The van der Waals surface area contributed by atoms with E-state index < -0.39 is 0 Å². The smallest absolute Gasteiger partial charge is 0.217 e. The molecule has 0 saturated heterocycles. The Bertz CT molecular complexity index is 512. The summed E-state index contributed by atoms with van der Waals surface area (Å²) in [6, 6.07) is 4.22. The molecule has 0 aromatic carbocycles. The number of nitrogens with zero attached hydrogens (tertiary/aromatic N) is 2. The largest absolute Gasteiger partial charge is 0.481 e. The molecule has 0 aliphatic heterocycles. The van der Waals surface area contributed by atoms with Crippen molar-refractivity contribution >= 4 is 11.3 Å². The van der Waals surface area contributed by atoms with E-state index in [4.69, 9.17) is 4.74 Å². The lowest BCUT2D eigenvalue weighted by Gasteiger charge is -2.14. The van der Waals surface area contributed by atoms with Crippen molar-refractivity contribution in [1.29, 1.82) is 0 Å². The van der Waals surface area contributed by atoms with Gasteiger partial charge in [0.05, 0.1) is 18.3 Å². The number of hydrogen-bond donors (Lipinski definition) is 1. The molecule has 2 aromatic rings. The Hall–Kier alpha value is -1.46. The number of aromatic nitrogens is 2. The molecule has 18 heavy (non-hydrogen) atoms. The molecule has 0 bridgehead atoms. The number of nitrogens with one attached hydrogen (secondary N) is 1. The van der Waals surface area contributed by atoms with Gasteiger partial charge in [0.1, 0.15) is 0 Å². The third-order valence-electron chi connectivity index (χ3n) is 2.82. The third-order valence-corrected chi connectivity index (χ3v) is 3.93. The summed E-state index contributed by atoms with van der Waals surface area (Å²) >= 11 is 1.68. The van der Waals surface area contributed by atoms with Crippen LogP contribution in [0.1, 0.15) is 29.1 Å². The van der Waals surface area contributed by atoms with Crippen molar-refractivity contribution in [3.8, 4) is 5.88 Å². The molecule has 1 unspecified atom stereocenters. The minimum Gasteiger partial charge on any atom is -0.481 e. The van der Waals surface area contributed by atoms with Gasteiger partial charge < -0.3 is 10.1 Å². The summed E-state index contributed by atoms with van der Waals surface area (Å²) < 4.78 is 5.23. The Morgan fingerprint density at radius 2 is 2.28 bits per heavy atom. The highest BCUT2D eigenvalue weighted by Crippen LogP contribution is 2.22. The highest BCUT2D eigenvalue weighted by molar-refractivity contribution is 7.09. The minimum atomic E-state index is 0.280. The normalized spacial score (nSPS) is 12.4. The van der Waals surface area contributed by atoms with Crippen LogP contribution in [0, 0.1) is 6.92 Å². The van der Waals surface area contributed by atoms with Crippen LogP contribution in [0.5, 0.6) is 5.88 Å². The quantitative estimate of drug-likeness (QED) is 0.901. The number of thiazole rings is 1. The zero-order chi connectivity index (χ0) is 13.0. The molecule has 2 rings (SSSR count). The van der Waals surface area contributed by atoms with Crippen molar-refractivity contribution in [2.45, 2.75) is 26.4 Å². The predicted octanol–water partition coefficient (Wildman–Crippen LogP) is 2.71. The van der Waals surface area contributed by atoms with Gasteiger partial charge in [0.15, 0.2) is 0 Å². The molecule has 0 spiro atoms. The van der Waals surface area contributed by atoms with Gasteiger partial charge in [-0.2, -0.15) is 0 Å². The second-order valence-electron chi connectivity index (χ2n) is 4.08. The maximum absolute atomic E-state index is 5.23. The van der Waals surface area contributed by atoms with Gasteiger partial charge >= 0.3 is 0 Å². The van der Waals surface area contributed by atoms with Gasteiger partial charge in [-0.15, -0.1) is 11.3 Å². The fourth-order valence-corrected chi connectivity index (χ4v) is 2.66. The molecule has 0 saturated carbocycles. The maximum atomic E-state index is 5.23. The standard InChI is InChI=1S/C13H17N3OS/c1-9(12-10(2)16-8-18-12)15-7-11-5-4-6-14-13(11)17-3/h4-6,8-9,15H,7H2,1-3H3. The van der Waals surface area contributed by atoms with Crippen LogP contribution >= 0.6 is 11.3 Å². The van der Waals surface area contributed by atoms with Gasteiger partial charge in [0.2, 0.25) is 5.88 Å². The summed E-state index contributed by atoms with van der Waals surface area (Å²) in [6.07, 6.45) is 1.74. The molecule has 0 fully saturated rings. The lowest BCUT2D eigenvalue weighted by Crippen LogP contribution is -2.18. The van der Waals surface area contributed by atoms with Crippen molar-refractivity contribution in [2.75, 3.05) is 7.11 Å². The lowest BCUT2D eigenvalue weighted by atomic mass is 10.2. The monoisotopic (exact) mass is 263 g/mol. The molecule has 96 valence electrons. The van der Waals surface area contributed by atoms with Gasteiger partial charge in [-0.05, 0) is 19.9 Å². The minimum absolute atomic E-state index is 0.280. The molecule has 0 radical (unpaired) electrons. The number of pyridine rings is 1. The molecule has 0 amide bonds. The van der Waals surface area contributed by atoms with E-state index >= 15 is 0 Å². The Balaban J connectivity index is 2.01.